The van der Waals surface area contributed by atoms with Crippen molar-refractivity contribution >= 4 is 34.1 Å². The van der Waals surface area contributed by atoms with Crippen LogP contribution in [0.4, 0.5) is 34.1 Å². The molecule has 0 aliphatic heterocycles. The standard InChI is InChI=1S/C40H36N2/c1-4-32-16-22-36(23-17-32)42(40-15-9-11-31(3)29-40)38-26-20-34(21-27-38)33-18-24-37(25-19-33)41(35-12-6-5-7-13-35)39-14-8-10-30(2)28-39/h5-29H,4H2,1-3H3. The molecule has 0 atom stereocenters. The van der Waals surface area contributed by atoms with Crippen molar-refractivity contribution in [3.05, 3.63) is 168 Å². The number of aryl methyl sites for hydroxylation is 3. The van der Waals surface area contributed by atoms with Crippen LogP contribution in [0.25, 0.3) is 11.1 Å². The molecular weight excluding hydrogens is 508 g/mol. The molecule has 0 saturated heterocycles. The monoisotopic (exact) mass is 544 g/mol. The van der Waals surface area contributed by atoms with Gasteiger partial charge >= 0.3 is 0 Å². The Morgan fingerprint density at radius 1 is 0.381 bits per heavy atom. The summed E-state index contributed by atoms with van der Waals surface area (Å²) in [4.78, 5) is 4.64. The van der Waals surface area contributed by atoms with Gasteiger partial charge in [-0.15, -0.1) is 0 Å². The van der Waals surface area contributed by atoms with E-state index in [0.29, 0.717) is 0 Å². The maximum Gasteiger partial charge on any atom is 0.0464 e. The molecule has 0 N–H and O–H groups in total. The van der Waals surface area contributed by atoms with Crippen LogP contribution in [0.3, 0.4) is 0 Å². The van der Waals surface area contributed by atoms with E-state index < -0.39 is 0 Å². The molecule has 0 aliphatic carbocycles. The van der Waals surface area contributed by atoms with Gasteiger partial charge in [0.05, 0.1) is 0 Å². The molecule has 0 aromatic heterocycles. The van der Waals surface area contributed by atoms with Crippen LogP contribution in [-0.2, 0) is 6.42 Å². The number of hydrogen-bond acceptors (Lipinski definition) is 2. The molecule has 6 aromatic carbocycles. The first kappa shape index (κ1) is 27.1. The number of hydrogen-bond donors (Lipinski definition) is 0. The Hall–Kier alpha value is -5.08. The van der Waals surface area contributed by atoms with E-state index in [9.17, 15) is 0 Å². The fraction of sp³-hybridized carbons (Fsp3) is 0.100. The Kier molecular flexibility index (Phi) is 7.87. The van der Waals surface area contributed by atoms with E-state index in [2.05, 4.69) is 182 Å². The third kappa shape index (κ3) is 5.84. The molecule has 0 amide bonds. The number of para-hydroxylation sites is 1. The second kappa shape index (κ2) is 12.2. The third-order valence-corrected chi connectivity index (χ3v) is 7.72. The third-order valence-electron chi connectivity index (χ3n) is 7.72. The summed E-state index contributed by atoms with van der Waals surface area (Å²) >= 11 is 0. The highest BCUT2D eigenvalue weighted by atomic mass is 15.1. The topological polar surface area (TPSA) is 6.48 Å². The molecule has 0 spiro atoms. The van der Waals surface area contributed by atoms with Gasteiger partial charge in [-0.05, 0) is 121 Å². The average molecular weight is 545 g/mol. The molecule has 0 heterocycles. The van der Waals surface area contributed by atoms with Crippen LogP contribution in [0.2, 0.25) is 0 Å². The molecule has 0 radical (unpaired) electrons. The van der Waals surface area contributed by atoms with Gasteiger partial charge in [-0.1, -0.05) is 85.8 Å². The molecule has 0 aliphatic rings. The highest BCUT2D eigenvalue weighted by Gasteiger charge is 2.15. The van der Waals surface area contributed by atoms with E-state index in [1.165, 1.54) is 27.8 Å². The van der Waals surface area contributed by atoms with Gasteiger partial charge in [-0.2, -0.15) is 0 Å². The molecule has 2 heteroatoms. The second-order valence-corrected chi connectivity index (χ2v) is 10.8. The number of benzene rings is 6. The second-order valence-electron chi connectivity index (χ2n) is 10.8. The van der Waals surface area contributed by atoms with Crippen molar-refractivity contribution in [1.29, 1.82) is 0 Å². The quantitative estimate of drug-likeness (QED) is 0.188. The zero-order valence-electron chi connectivity index (χ0n) is 24.5. The van der Waals surface area contributed by atoms with E-state index in [1.807, 2.05) is 0 Å². The first-order valence-corrected chi connectivity index (χ1v) is 14.7. The molecule has 0 fully saturated rings. The number of anilines is 6. The fourth-order valence-corrected chi connectivity index (χ4v) is 5.49. The predicted octanol–water partition coefficient (Wildman–Crippen LogP) is 11.5. The summed E-state index contributed by atoms with van der Waals surface area (Å²) in [5, 5.41) is 0. The molecule has 6 aromatic rings. The van der Waals surface area contributed by atoms with Gasteiger partial charge in [0.2, 0.25) is 0 Å². The van der Waals surface area contributed by atoms with Gasteiger partial charge in [-0.3, -0.25) is 0 Å². The van der Waals surface area contributed by atoms with Gasteiger partial charge in [-0.25, -0.2) is 0 Å². The summed E-state index contributed by atoms with van der Waals surface area (Å²) in [7, 11) is 0. The Bertz CT molecular complexity index is 1750. The highest BCUT2D eigenvalue weighted by molar-refractivity contribution is 5.81. The van der Waals surface area contributed by atoms with E-state index in [-0.39, 0.29) is 0 Å². The van der Waals surface area contributed by atoms with E-state index in [4.69, 9.17) is 0 Å². The smallest absolute Gasteiger partial charge is 0.0464 e. The molecule has 42 heavy (non-hydrogen) atoms. The van der Waals surface area contributed by atoms with E-state index >= 15 is 0 Å². The maximum absolute atomic E-state index is 2.33. The highest BCUT2D eigenvalue weighted by Crippen LogP contribution is 2.38. The SMILES string of the molecule is CCc1ccc(N(c2ccc(-c3ccc(N(c4ccccc4)c4cccc(C)c4)cc3)cc2)c2cccc(C)c2)cc1. The molecule has 0 bridgehead atoms. The molecular formula is C40H36N2. The number of rotatable bonds is 8. The van der Waals surface area contributed by atoms with E-state index in [0.717, 1.165) is 40.5 Å². The Balaban J connectivity index is 1.32. The van der Waals surface area contributed by atoms with Crippen molar-refractivity contribution in [3.63, 3.8) is 0 Å². The summed E-state index contributed by atoms with van der Waals surface area (Å²) in [5.41, 5.74) is 13.1. The largest absolute Gasteiger partial charge is 0.310 e. The Labute approximate surface area is 250 Å². The minimum atomic E-state index is 1.03. The van der Waals surface area contributed by atoms with Crippen molar-refractivity contribution in [2.45, 2.75) is 27.2 Å². The van der Waals surface area contributed by atoms with Crippen molar-refractivity contribution < 1.29 is 0 Å². The molecule has 6 rings (SSSR count). The summed E-state index contributed by atoms with van der Waals surface area (Å²) < 4.78 is 0. The van der Waals surface area contributed by atoms with Crippen LogP contribution in [0.1, 0.15) is 23.6 Å². The predicted molar refractivity (Wildman–Crippen MR) is 180 cm³/mol. The number of nitrogens with zero attached hydrogens (tertiary/aromatic N) is 2. The van der Waals surface area contributed by atoms with Crippen molar-refractivity contribution in [2.24, 2.45) is 0 Å². The lowest BCUT2D eigenvalue weighted by Crippen LogP contribution is -2.10. The Morgan fingerprint density at radius 2 is 0.762 bits per heavy atom. The zero-order valence-corrected chi connectivity index (χ0v) is 24.5. The van der Waals surface area contributed by atoms with Gasteiger partial charge in [0.15, 0.2) is 0 Å². The lowest BCUT2D eigenvalue weighted by Gasteiger charge is -2.26. The van der Waals surface area contributed by atoms with Crippen molar-refractivity contribution in [3.8, 4) is 11.1 Å². The molecule has 0 unspecified atom stereocenters. The van der Waals surface area contributed by atoms with E-state index in [1.54, 1.807) is 0 Å². The molecule has 206 valence electrons. The van der Waals surface area contributed by atoms with Crippen molar-refractivity contribution in [1.82, 2.24) is 0 Å². The normalized spacial score (nSPS) is 10.8. The van der Waals surface area contributed by atoms with Crippen LogP contribution < -0.4 is 9.80 Å². The summed E-state index contributed by atoms with van der Waals surface area (Å²) in [6.45, 7) is 6.48. The van der Waals surface area contributed by atoms with Crippen molar-refractivity contribution in [2.75, 3.05) is 9.80 Å². The molecule has 2 nitrogen and oxygen atoms in total. The van der Waals surface area contributed by atoms with Crippen LogP contribution in [-0.4, -0.2) is 0 Å². The maximum atomic E-state index is 2.33. The first-order chi connectivity index (χ1) is 20.6. The van der Waals surface area contributed by atoms with Crippen LogP contribution in [0.15, 0.2) is 152 Å². The summed E-state index contributed by atoms with van der Waals surface area (Å²) in [6, 6.07) is 54.6. The Morgan fingerprint density at radius 3 is 1.17 bits per heavy atom. The summed E-state index contributed by atoms with van der Waals surface area (Å²) in [6.07, 6.45) is 1.03. The molecule has 0 saturated carbocycles. The fourth-order valence-electron chi connectivity index (χ4n) is 5.49. The van der Waals surface area contributed by atoms with Gasteiger partial charge < -0.3 is 9.80 Å². The minimum absolute atomic E-state index is 1.03. The van der Waals surface area contributed by atoms with Crippen LogP contribution in [0, 0.1) is 13.8 Å². The van der Waals surface area contributed by atoms with Gasteiger partial charge in [0, 0.05) is 34.1 Å². The van der Waals surface area contributed by atoms with Crippen LogP contribution >= 0.6 is 0 Å². The first-order valence-electron chi connectivity index (χ1n) is 14.7. The minimum Gasteiger partial charge on any atom is -0.310 e. The van der Waals surface area contributed by atoms with Gasteiger partial charge in [0.25, 0.3) is 0 Å². The summed E-state index contributed by atoms with van der Waals surface area (Å²) in [5.74, 6) is 0. The average Bonchev–Trinajstić information content (AvgIpc) is 3.03. The lowest BCUT2D eigenvalue weighted by molar-refractivity contribution is 1.14. The van der Waals surface area contributed by atoms with Gasteiger partial charge in [0.1, 0.15) is 0 Å². The lowest BCUT2D eigenvalue weighted by atomic mass is 10.0. The zero-order chi connectivity index (χ0) is 28.9. The van der Waals surface area contributed by atoms with Crippen LogP contribution in [0.5, 0.6) is 0 Å².